The van der Waals surface area contributed by atoms with Gasteiger partial charge in [0, 0.05) is 20.7 Å². The molecule has 0 saturated carbocycles. The number of hydrogen-bond donors (Lipinski definition) is 3. The number of carbonyl (C=O) groups excluding carboxylic acids is 3. The van der Waals surface area contributed by atoms with Gasteiger partial charge in [-0.15, -0.1) is 21.5 Å². The number of rotatable bonds is 11. The summed E-state index contributed by atoms with van der Waals surface area (Å²) in [5, 5.41) is 17.3. The second-order valence-corrected chi connectivity index (χ2v) is 8.91. The maximum atomic E-state index is 12.4. The Morgan fingerprint density at radius 3 is 2.63 bits per heavy atom. The topological polar surface area (TPSA) is 132 Å². The van der Waals surface area contributed by atoms with Crippen LogP contribution in [-0.4, -0.2) is 67.6 Å². The van der Waals surface area contributed by atoms with Gasteiger partial charge in [-0.1, -0.05) is 23.1 Å². The van der Waals surface area contributed by atoms with Crippen LogP contribution in [0.4, 0.5) is 10.1 Å². The minimum absolute atomic E-state index is 0.0707. The third kappa shape index (κ3) is 6.39. The van der Waals surface area contributed by atoms with Crippen LogP contribution in [-0.2, 0) is 14.3 Å². The number of ether oxygens (including phenoxy) is 2. The number of esters is 1. The lowest BCUT2D eigenvalue weighted by Gasteiger charge is -2.06. The number of amides is 2. The fourth-order valence-electron chi connectivity index (χ4n) is 2.27. The molecular weight excluding hydrogens is 450 g/mol. The predicted octanol–water partition coefficient (Wildman–Crippen LogP) is 2.23. The van der Waals surface area contributed by atoms with Crippen LogP contribution in [0.1, 0.15) is 32.5 Å². The molecule has 0 aromatic carbocycles. The molecule has 2 amide bonds. The van der Waals surface area contributed by atoms with Crippen molar-refractivity contribution >= 4 is 62.4 Å². The van der Waals surface area contributed by atoms with Crippen molar-refractivity contribution in [3.63, 3.8) is 0 Å². The summed E-state index contributed by atoms with van der Waals surface area (Å²) in [6.07, 6.45) is 0. The lowest BCUT2D eigenvalue weighted by molar-refractivity contribution is -0.113. The number of aromatic nitrogens is 2. The molecular formula is C17H23N5O5S3. The highest BCUT2D eigenvalue weighted by Crippen LogP contribution is 2.34. The van der Waals surface area contributed by atoms with Gasteiger partial charge in [0.2, 0.25) is 11.0 Å². The summed E-state index contributed by atoms with van der Waals surface area (Å²) >= 11 is 3.59. The highest BCUT2D eigenvalue weighted by atomic mass is 32.2. The van der Waals surface area contributed by atoms with Crippen molar-refractivity contribution in [3.8, 4) is 0 Å². The fraction of sp³-hybridized carbons (Fsp3) is 0.471. The van der Waals surface area contributed by atoms with Crippen molar-refractivity contribution in [3.05, 3.63) is 16.0 Å². The molecule has 0 aliphatic heterocycles. The summed E-state index contributed by atoms with van der Waals surface area (Å²) in [6.45, 7) is 4.68. The van der Waals surface area contributed by atoms with E-state index in [4.69, 9.17) is 9.47 Å². The molecule has 0 bridgehead atoms. The molecule has 0 aliphatic carbocycles. The summed E-state index contributed by atoms with van der Waals surface area (Å²) in [5.41, 5.74) is 0.663. The average molecular weight is 474 g/mol. The average Bonchev–Trinajstić information content (AvgIpc) is 3.30. The van der Waals surface area contributed by atoms with Gasteiger partial charge in [-0.3, -0.25) is 9.59 Å². The molecule has 0 unspecified atom stereocenters. The van der Waals surface area contributed by atoms with Crippen LogP contribution in [0, 0.1) is 6.92 Å². The molecule has 0 fully saturated rings. The second-order valence-electron chi connectivity index (χ2n) is 5.69. The number of hydrogen-bond acceptors (Lipinski definition) is 11. The van der Waals surface area contributed by atoms with Crippen LogP contribution >= 0.6 is 34.4 Å². The van der Waals surface area contributed by atoms with Gasteiger partial charge in [0.1, 0.15) is 5.00 Å². The maximum absolute atomic E-state index is 12.4. The van der Waals surface area contributed by atoms with Gasteiger partial charge >= 0.3 is 5.97 Å². The van der Waals surface area contributed by atoms with Gasteiger partial charge < -0.3 is 25.4 Å². The Hall–Kier alpha value is -2.22. The van der Waals surface area contributed by atoms with Crippen molar-refractivity contribution in [2.45, 2.75) is 18.2 Å². The summed E-state index contributed by atoms with van der Waals surface area (Å²) in [7, 11) is 3.11. The van der Waals surface area contributed by atoms with E-state index in [1.807, 2.05) is 0 Å². The van der Waals surface area contributed by atoms with Crippen molar-refractivity contribution in [1.29, 1.82) is 0 Å². The highest BCUT2D eigenvalue weighted by Gasteiger charge is 2.26. The SMILES string of the molecule is CCOC(=O)c1c(NC(=O)CSc2nnc(NCCOC)s2)sc(C(=O)NC)c1C. The van der Waals surface area contributed by atoms with E-state index in [0.717, 1.165) is 11.3 Å². The van der Waals surface area contributed by atoms with E-state index >= 15 is 0 Å². The molecule has 0 aliphatic rings. The van der Waals surface area contributed by atoms with Crippen LogP contribution < -0.4 is 16.0 Å². The van der Waals surface area contributed by atoms with E-state index in [9.17, 15) is 14.4 Å². The van der Waals surface area contributed by atoms with Crippen molar-refractivity contribution in [2.24, 2.45) is 0 Å². The van der Waals surface area contributed by atoms with Gasteiger partial charge in [0.05, 0.1) is 29.4 Å². The first-order chi connectivity index (χ1) is 14.4. The van der Waals surface area contributed by atoms with E-state index in [2.05, 4.69) is 26.1 Å². The first kappa shape index (κ1) is 24.1. The number of thiophene rings is 1. The first-order valence-electron chi connectivity index (χ1n) is 8.92. The molecule has 2 aromatic rings. The molecule has 0 saturated heterocycles. The van der Waals surface area contributed by atoms with Crippen molar-refractivity contribution in [1.82, 2.24) is 15.5 Å². The predicted molar refractivity (Wildman–Crippen MR) is 118 cm³/mol. The van der Waals surface area contributed by atoms with Gasteiger partial charge in [-0.05, 0) is 19.4 Å². The van der Waals surface area contributed by atoms with E-state index in [1.54, 1.807) is 21.0 Å². The van der Waals surface area contributed by atoms with Crippen LogP contribution in [0.3, 0.4) is 0 Å². The Balaban J connectivity index is 2.05. The molecule has 164 valence electrons. The molecule has 30 heavy (non-hydrogen) atoms. The standard InChI is InChI=1S/C17H23N5O5S3/c1-5-27-15(25)11-9(2)12(13(24)18-3)29-14(11)20-10(23)8-28-17-22-21-16(30-17)19-6-7-26-4/h5-8H2,1-4H3,(H,18,24)(H,19,21)(H,20,23). The minimum atomic E-state index is -0.583. The maximum Gasteiger partial charge on any atom is 0.341 e. The number of anilines is 2. The molecule has 0 spiro atoms. The zero-order valence-electron chi connectivity index (χ0n) is 17.0. The van der Waals surface area contributed by atoms with Gasteiger partial charge in [-0.2, -0.15) is 0 Å². The molecule has 0 atom stereocenters. The summed E-state index contributed by atoms with van der Waals surface area (Å²) in [4.78, 5) is 37.2. The van der Waals surface area contributed by atoms with Crippen LogP contribution in [0.15, 0.2) is 4.34 Å². The zero-order chi connectivity index (χ0) is 22.1. The van der Waals surface area contributed by atoms with Crippen LogP contribution in [0.5, 0.6) is 0 Å². The first-order valence-corrected chi connectivity index (χ1v) is 11.5. The van der Waals surface area contributed by atoms with E-state index < -0.39 is 5.97 Å². The molecule has 3 N–H and O–H groups in total. The summed E-state index contributed by atoms with van der Waals surface area (Å²) < 4.78 is 10.7. The van der Waals surface area contributed by atoms with Gasteiger partial charge in [0.15, 0.2) is 4.34 Å². The summed E-state index contributed by atoms with van der Waals surface area (Å²) in [5.74, 6) is -1.18. The Labute approximate surface area is 186 Å². The Morgan fingerprint density at radius 2 is 1.97 bits per heavy atom. The van der Waals surface area contributed by atoms with Gasteiger partial charge in [-0.25, -0.2) is 4.79 Å². The number of nitrogens with one attached hydrogen (secondary N) is 3. The smallest absolute Gasteiger partial charge is 0.341 e. The number of methoxy groups -OCH3 is 1. The van der Waals surface area contributed by atoms with Crippen LogP contribution in [0.25, 0.3) is 0 Å². The van der Waals surface area contributed by atoms with Gasteiger partial charge in [0.25, 0.3) is 5.91 Å². The molecule has 2 heterocycles. The van der Waals surface area contributed by atoms with Crippen molar-refractivity contribution < 1.29 is 23.9 Å². The summed E-state index contributed by atoms with van der Waals surface area (Å²) in [6, 6.07) is 0. The second kappa shape index (κ2) is 11.8. The van der Waals surface area contributed by atoms with Crippen LogP contribution in [0.2, 0.25) is 0 Å². The molecule has 2 rings (SSSR count). The van der Waals surface area contributed by atoms with E-state index in [0.29, 0.717) is 33.1 Å². The van der Waals surface area contributed by atoms with E-state index in [1.165, 1.54) is 30.1 Å². The Bertz CT molecular complexity index is 898. The normalized spacial score (nSPS) is 10.5. The molecule has 0 radical (unpaired) electrons. The minimum Gasteiger partial charge on any atom is -0.462 e. The largest absolute Gasteiger partial charge is 0.462 e. The third-order valence-corrected chi connectivity index (χ3v) is 6.85. The Morgan fingerprint density at radius 1 is 1.20 bits per heavy atom. The number of carbonyl (C=O) groups is 3. The fourth-order valence-corrected chi connectivity index (χ4v) is 5.01. The molecule has 10 nitrogen and oxygen atoms in total. The lowest BCUT2D eigenvalue weighted by Crippen LogP contribution is -2.18. The van der Waals surface area contributed by atoms with E-state index in [-0.39, 0.29) is 34.7 Å². The number of thioether (sulfide) groups is 1. The lowest BCUT2D eigenvalue weighted by atomic mass is 10.1. The quantitative estimate of drug-likeness (QED) is 0.255. The van der Waals surface area contributed by atoms with Crippen molar-refractivity contribution in [2.75, 3.05) is 50.3 Å². The molecule has 2 aromatic heterocycles. The monoisotopic (exact) mass is 473 g/mol. The Kier molecular flexibility index (Phi) is 9.49. The zero-order valence-corrected chi connectivity index (χ0v) is 19.4. The molecule has 13 heteroatoms. The number of nitrogens with zero attached hydrogens (tertiary/aromatic N) is 2. The highest BCUT2D eigenvalue weighted by molar-refractivity contribution is 8.01. The third-order valence-electron chi connectivity index (χ3n) is 3.63.